The SMILES string of the molecule is NC(=O)Nc1ccc(NC(=O)CCc2cccc(Br)c2)cc1. The predicted octanol–water partition coefficient (Wildman–Crippen LogP) is 3.51. The molecule has 0 aliphatic carbocycles. The fourth-order valence-corrected chi connectivity index (χ4v) is 2.40. The molecule has 0 atom stereocenters. The smallest absolute Gasteiger partial charge is 0.316 e. The number of hydrogen-bond acceptors (Lipinski definition) is 2. The summed E-state index contributed by atoms with van der Waals surface area (Å²) in [4.78, 5) is 22.6. The number of benzene rings is 2. The van der Waals surface area contributed by atoms with Crippen LogP contribution in [-0.2, 0) is 11.2 Å². The molecule has 3 amide bonds. The van der Waals surface area contributed by atoms with Gasteiger partial charge < -0.3 is 16.4 Å². The van der Waals surface area contributed by atoms with E-state index >= 15 is 0 Å². The number of primary amides is 1. The average molecular weight is 362 g/mol. The molecule has 0 saturated heterocycles. The quantitative estimate of drug-likeness (QED) is 0.761. The molecule has 0 aliphatic heterocycles. The first-order chi connectivity index (χ1) is 10.5. The Hall–Kier alpha value is -2.34. The summed E-state index contributed by atoms with van der Waals surface area (Å²) in [5.41, 5.74) is 7.39. The maximum atomic E-state index is 11.9. The monoisotopic (exact) mass is 361 g/mol. The normalized spacial score (nSPS) is 10.0. The average Bonchev–Trinajstić information content (AvgIpc) is 2.47. The second-order valence-electron chi connectivity index (χ2n) is 4.74. The summed E-state index contributed by atoms with van der Waals surface area (Å²) in [6.07, 6.45) is 1.07. The van der Waals surface area contributed by atoms with Crippen molar-refractivity contribution in [2.75, 3.05) is 10.6 Å². The van der Waals surface area contributed by atoms with Gasteiger partial charge in [0.05, 0.1) is 0 Å². The Labute approximate surface area is 137 Å². The van der Waals surface area contributed by atoms with Gasteiger partial charge in [0.15, 0.2) is 0 Å². The number of carbonyl (C=O) groups excluding carboxylic acids is 2. The summed E-state index contributed by atoms with van der Waals surface area (Å²) in [7, 11) is 0. The van der Waals surface area contributed by atoms with Gasteiger partial charge in [0.2, 0.25) is 5.91 Å². The molecular weight excluding hydrogens is 346 g/mol. The Bertz CT molecular complexity index is 671. The van der Waals surface area contributed by atoms with E-state index in [9.17, 15) is 9.59 Å². The summed E-state index contributed by atoms with van der Waals surface area (Å²) in [6.45, 7) is 0. The van der Waals surface area contributed by atoms with Crippen molar-refractivity contribution in [3.8, 4) is 0 Å². The van der Waals surface area contributed by atoms with Crippen molar-refractivity contribution in [3.05, 3.63) is 58.6 Å². The summed E-state index contributed by atoms with van der Waals surface area (Å²) in [5, 5.41) is 5.27. The van der Waals surface area contributed by atoms with E-state index in [4.69, 9.17) is 5.73 Å². The van der Waals surface area contributed by atoms with Crippen molar-refractivity contribution in [1.29, 1.82) is 0 Å². The number of aryl methyl sites for hydroxylation is 1. The van der Waals surface area contributed by atoms with E-state index in [1.54, 1.807) is 24.3 Å². The second kappa shape index (κ2) is 7.61. The zero-order chi connectivity index (χ0) is 15.9. The number of anilines is 2. The van der Waals surface area contributed by atoms with E-state index in [1.807, 2.05) is 24.3 Å². The van der Waals surface area contributed by atoms with Gasteiger partial charge in [-0.1, -0.05) is 28.1 Å². The van der Waals surface area contributed by atoms with E-state index in [0.717, 1.165) is 10.0 Å². The lowest BCUT2D eigenvalue weighted by atomic mass is 10.1. The first kappa shape index (κ1) is 16.0. The van der Waals surface area contributed by atoms with Gasteiger partial charge in [0.25, 0.3) is 0 Å². The third-order valence-electron chi connectivity index (χ3n) is 2.97. The first-order valence-corrected chi connectivity index (χ1v) is 7.53. The molecule has 0 fully saturated rings. The van der Waals surface area contributed by atoms with Crippen molar-refractivity contribution >= 4 is 39.2 Å². The van der Waals surface area contributed by atoms with Gasteiger partial charge in [0, 0.05) is 22.3 Å². The van der Waals surface area contributed by atoms with Gasteiger partial charge in [-0.05, 0) is 48.4 Å². The van der Waals surface area contributed by atoms with Crippen LogP contribution >= 0.6 is 15.9 Å². The molecule has 0 unspecified atom stereocenters. The first-order valence-electron chi connectivity index (χ1n) is 6.74. The topological polar surface area (TPSA) is 84.2 Å². The van der Waals surface area contributed by atoms with Crippen LogP contribution in [0.15, 0.2) is 53.0 Å². The van der Waals surface area contributed by atoms with Gasteiger partial charge in [0.1, 0.15) is 0 Å². The van der Waals surface area contributed by atoms with Crippen LogP contribution < -0.4 is 16.4 Å². The molecule has 2 aromatic rings. The Morgan fingerprint density at radius 1 is 1.00 bits per heavy atom. The van der Waals surface area contributed by atoms with Gasteiger partial charge in [-0.15, -0.1) is 0 Å². The van der Waals surface area contributed by atoms with Crippen molar-refractivity contribution in [3.63, 3.8) is 0 Å². The van der Waals surface area contributed by atoms with E-state index in [-0.39, 0.29) is 5.91 Å². The number of urea groups is 1. The molecule has 0 aromatic heterocycles. The van der Waals surface area contributed by atoms with Gasteiger partial charge in [-0.2, -0.15) is 0 Å². The third kappa shape index (κ3) is 5.21. The summed E-state index contributed by atoms with van der Waals surface area (Å²) in [6, 6.07) is 14.0. The molecule has 6 heteroatoms. The predicted molar refractivity (Wildman–Crippen MR) is 90.7 cm³/mol. The fraction of sp³-hybridized carbons (Fsp3) is 0.125. The number of halogens is 1. The largest absolute Gasteiger partial charge is 0.351 e. The molecule has 0 radical (unpaired) electrons. The van der Waals surface area contributed by atoms with Crippen molar-refractivity contribution < 1.29 is 9.59 Å². The number of hydrogen-bond donors (Lipinski definition) is 3. The van der Waals surface area contributed by atoms with Crippen LogP contribution in [0.1, 0.15) is 12.0 Å². The Morgan fingerprint density at radius 3 is 2.23 bits per heavy atom. The maximum Gasteiger partial charge on any atom is 0.316 e. The standard InChI is InChI=1S/C16H16BrN3O2/c17-12-3-1-2-11(10-12)4-9-15(21)19-13-5-7-14(8-6-13)20-16(18)22/h1-3,5-8,10H,4,9H2,(H,19,21)(H3,18,20,22). The van der Waals surface area contributed by atoms with Crippen molar-refractivity contribution in [2.24, 2.45) is 5.73 Å². The number of nitrogens with two attached hydrogens (primary N) is 1. The molecule has 0 aliphatic rings. The van der Waals surface area contributed by atoms with Crippen LogP contribution in [0.2, 0.25) is 0 Å². The van der Waals surface area contributed by atoms with Crippen LogP contribution in [0.5, 0.6) is 0 Å². The van der Waals surface area contributed by atoms with Gasteiger partial charge in [-0.25, -0.2) is 4.79 Å². The van der Waals surface area contributed by atoms with E-state index < -0.39 is 6.03 Å². The number of carbonyl (C=O) groups is 2. The molecule has 0 spiro atoms. The highest BCUT2D eigenvalue weighted by molar-refractivity contribution is 9.10. The molecule has 2 rings (SSSR count). The summed E-state index contributed by atoms with van der Waals surface area (Å²) in [5.74, 6) is -0.0596. The zero-order valence-corrected chi connectivity index (χ0v) is 13.4. The number of rotatable bonds is 5. The molecule has 22 heavy (non-hydrogen) atoms. The fourth-order valence-electron chi connectivity index (χ4n) is 1.95. The molecule has 5 nitrogen and oxygen atoms in total. The highest BCUT2D eigenvalue weighted by Crippen LogP contribution is 2.15. The molecule has 4 N–H and O–H groups in total. The molecule has 0 saturated carbocycles. The lowest BCUT2D eigenvalue weighted by molar-refractivity contribution is -0.116. The van der Waals surface area contributed by atoms with E-state index in [2.05, 4.69) is 26.6 Å². The van der Waals surface area contributed by atoms with Crippen LogP contribution in [0.4, 0.5) is 16.2 Å². The third-order valence-corrected chi connectivity index (χ3v) is 3.46. The Balaban J connectivity index is 1.85. The highest BCUT2D eigenvalue weighted by Gasteiger charge is 2.04. The number of nitrogens with one attached hydrogen (secondary N) is 2. The van der Waals surface area contributed by atoms with Crippen molar-refractivity contribution in [1.82, 2.24) is 0 Å². The minimum atomic E-state index is -0.620. The Morgan fingerprint density at radius 2 is 1.64 bits per heavy atom. The minimum Gasteiger partial charge on any atom is -0.351 e. The van der Waals surface area contributed by atoms with Gasteiger partial charge >= 0.3 is 6.03 Å². The van der Waals surface area contributed by atoms with Crippen LogP contribution in [-0.4, -0.2) is 11.9 Å². The molecular formula is C16H16BrN3O2. The molecule has 0 bridgehead atoms. The minimum absolute atomic E-state index is 0.0596. The van der Waals surface area contributed by atoms with Crippen molar-refractivity contribution in [2.45, 2.75) is 12.8 Å². The Kier molecular flexibility index (Phi) is 5.55. The van der Waals surface area contributed by atoms with E-state index in [0.29, 0.717) is 24.2 Å². The molecule has 114 valence electrons. The summed E-state index contributed by atoms with van der Waals surface area (Å²) >= 11 is 3.41. The van der Waals surface area contributed by atoms with Crippen LogP contribution in [0, 0.1) is 0 Å². The summed E-state index contributed by atoms with van der Waals surface area (Å²) < 4.78 is 1.00. The molecule has 2 aromatic carbocycles. The van der Waals surface area contributed by atoms with E-state index in [1.165, 1.54) is 0 Å². The van der Waals surface area contributed by atoms with Gasteiger partial charge in [-0.3, -0.25) is 4.79 Å². The van der Waals surface area contributed by atoms with Crippen LogP contribution in [0.3, 0.4) is 0 Å². The number of amides is 3. The lowest BCUT2D eigenvalue weighted by Crippen LogP contribution is -2.19. The molecule has 0 heterocycles. The maximum absolute atomic E-state index is 11.9. The van der Waals surface area contributed by atoms with Crippen LogP contribution in [0.25, 0.3) is 0 Å². The zero-order valence-electron chi connectivity index (χ0n) is 11.8. The second-order valence-corrected chi connectivity index (χ2v) is 5.66. The highest BCUT2D eigenvalue weighted by atomic mass is 79.9. The lowest BCUT2D eigenvalue weighted by Gasteiger charge is -2.07.